The number of hydrogen-bond acceptors (Lipinski definition) is 4. The Labute approximate surface area is 184 Å². The van der Waals surface area contributed by atoms with Gasteiger partial charge in [0.15, 0.2) is 0 Å². The maximum absolute atomic E-state index is 12.9. The first-order chi connectivity index (χ1) is 14.7. The quantitative estimate of drug-likeness (QED) is 0.690. The summed E-state index contributed by atoms with van der Waals surface area (Å²) < 4.78 is 43.2. The van der Waals surface area contributed by atoms with Gasteiger partial charge >= 0.3 is 6.18 Å². The summed E-state index contributed by atoms with van der Waals surface area (Å²) in [7, 11) is 1.49. The first-order valence-corrected chi connectivity index (χ1v) is 10.8. The molecule has 2 heterocycles. The van der Waals surface area contributed by atoms with Crippen LogP contribution in [0.5, 0.6) is 5.75 Å². The van der Waals surface area contributed by atoms with E-state index >= 15 is 0 Å². The molecule has 0 N–H and O–H groups in total. The van der Waals surface area contributed by atoms with E-state index < -0.39 is 12.7 Å². The Balaban J connectivity index is 1.54. The Morgan fingerprint density at radius 1 is 1.06 bits per heavy atom. The molecule has 0 spiro atoms. The second kappa shape index (κ2) is 10.1. The number of ether oxygens (including phenoxy) is 1. The van der Waals surface area contributed by atoms with Gasteiger partial charge < -0.3 is 14.5 Å². The van der Waals surface area contributed by atoms with Gasteiger partial charge in [-0.15, -0.1) is 0 Å². The maximum Gasteiger partial charge on any atom is 0.401 e. The molecule has 2 fully saturated rings. The van der Waals surface area contributed by atoms with Crippen molar-refractivity contribution in [1.29, 1.82) is 0 Å². The van der Waals surface area contributed by atoms with Crippen LogP contribution in [0.15, 0.2) is 18.2 Å². The SMILES string of the molecule is COc1ccc(Cl)cc1C(=O)N1CCC(C(=O)N2CCCN(CC(F)(F)F)CC2)CC1. The molecule has 0 aliphatic carbocycles. The number of hydrogen-bond donors (Lipinski definition) is 0. The summed E-state index contributed by atoms with van der Waals surface area (Å²) >= 11 is 6.02. The molecule has 2 amide bonds. The average molecular weight is 462 g/mol. The van der Waals surface area contributed by atoms with Gasteiger partial charge in [0.25, 0.3) is 5.91 Å². The van der Waals surface area contributed by atoms with Crippen molar-refractivity contribution in [2.24, 2.45) is 5.92 Å². The van der Waals surface area contributed by atoms with Crippen molar-refractivity contribution in [3.63, 3.8) is 0 Å². The fraction of sp³-hybridized carbons (Fsp3) is 0.619. The number of rotatable bonds is 4. The van der Waals surface area contributed by atoms with E-state index in [1.807, 2.05) is 0 Å². The number of benzene rings is 1. The van der Waals surface area contributed by atoms with Crippen molar-refractivity contribution in [2.75, 3.05) is 52.9 Å². The highest BCUT2D eigenvalue weighted by Gasteiger charge is 2.34. The number of carbonyl (C=O) groups excluding carboxylic acids is 2. The third kappa shape index (κ3) is 6.26. The molecule has 0 bridgehead atoms. The predicted octanol–water partition coefficient (Wildman–Crippen LogP) is 3.30. The van der Waals surface area contributed by atoms with Crippen molar-refractivity contribution in [2.45, 2.75) is 25.4 Å². The van der Waals surface area contributed by atoms with Gasteiger partial charge in [0, 0.05) is 50.2 Å². The van der Waals surface area contributed by atoms with Crippen LogP contribution in [0, 0.1) is 5.92 Å². The maximum atomic E-state index is 12.9. The minimum absolute atomic E-state index is 0.0266. The molecule has 0 aromatic heterocycles. The van der Waals surface area contributed by atoms with E-state index in [9.17, 15) is 22.8 Å². The summed E-state index contributed by atoms with van der Waals surface area (Å²) in [5.41, 5.74) is 0.386. The highest BCUT2D eigenvalue weighted by Crippen LogP contribution is 2.27. The molecule has 172 valence electrons. The van der Waals surface area contributed by atoms with E-state index in [0.717, 1.165) is 0 Å². The van der Waals surface area contributed by atoms with Gasteiger partial charge in [-0.25, -0.2) is 0 Å². The Kier molecular flexibility index (Phi) is 7.69. The van der Waals surface area contributed by atoms with E-state index in [-0.39, 0.29) is 24.3 Å². The van der Waals surface area contributed by atoms with Gasteiger partial charge in [-0.3, -0.25) is 14.5 Å². The van der Waals surface area contributed by atoms with Crippen molar-refractivity contribution < 1.29 is 27.5 Å². The van der Waals surface area contributed by atoms with Crippen LogP contribution < -0.4 is 4.74 Å². The molecule has 0 atom stereocenters. The summed E-state index contributed by atoms with van der Waals surface area (Å²) in [5, 5.41) is 0.440. The van der Waals surface area contributed by atoms with Crippen LogP contribution >= 0.6 is 11.6 Å². The van der Waals surface area contributed by atoms with Crippen LogP contribution in [0.4, 0.5) is 13.2 Å². The fourth-order valence-electron chi connectivity index (χ4n) is 4.21. The smallest absolute Gasteiger partial charge is 0.401 e. The largest absolute Gasteiger partial charge is 0.496 e. The standard InChI is InChI=1S/C21H27ClF3N3O3/c1-31-18-4-3-16(22)13-17(18)20(30)28-9-5-15(6-10-28)19(29)27-8-2-7-26(11-12-27)14-21(23,24)25/h3-4,13,15H,2,5-12,14H2,1H3. The lowest BCUT2D eigenvalue weighted by molar-refractivity contribution is -0.145. The summed E-state index contributed by atoms with van der Waals surface area (Å²) in [6.07, 6.45) is -2.66. The Bertz CT molecular complexity index is 798. The number of carbonyl (C=O) groups is 2. The lowest BCUT2D eigenvalue weighted by atomic mass is 9.94. The van der Waals surface area contributed by atoms with Crippen LogP contribution in [-0.4, -0.2) is 85.6 Å². The number of methoxy groups -OCH3 is 1. The average Bonchev–Trinajstić information content (AvgIpc) is 2.97. The number of piperidine rings is 1. The van der Waals surface area contributed by atoms with Crippen molar-refractivity contribution >= 4 is 23.4 Å². The molecule has 31 heavy (non-hydrogen) atoms. The first kappa shape index (κ1) is 23.7. The molecule has 0 unspecified atom stereocenters. The highest BCUT2D eigenvalue weighted by atomic mass is 35.5. The minimum Gasteiger partial charge on any atom is -0.496 e. The third-order valence-corrected chi connectivity index (χ3v) is 6.06. The second-order valence-electron chi connectivity index (χ2n) is 7.98. The lowest BCUT2D eigenvalue weighted by Crippen LogP contribution is -2.45. The Morgan fingerprint density at radius 3 is 2.42 bits per heavy atom. The van der Waals surface area contributed by atoms with Crippen molar-refractivity contribution in [3.05, 3.63) is 28.8 Å². The number of likely N-dealkylation sites (tertiary alicyclic amines) is 1. The molecule has 10 heteroatoms. The number of amides is 2. The molecule has 0 saturated carbocycles. The molecule has 2 aliphatic heterocycles. The molecule has 3 rings (SSSR count). The molecule has 1 aromatic rings. The van der Waals surface area contributed by atoms with Crippen LogP contribution in [0.1, 0.15) is 29.6 Å². The number of halogens is 4. The molecular formula is C21H27ClF3N3O3. The number of alkyl halides is 3. The van der Waals surface area contributed by atoms with E-state index in [4.69, 9.17) is 16.3 Å². The summed E-state index contributed by atoms with van der Waals surface area (Å²) in [6.45, 7) is 1.23. The molecular weight excluding hydrogens is 435 g/mol. The van der Waals surface area contributed by atoms with Crippen LogP contribution in [0.25, 0.3) is 0 Å². The normalized spacial score (nSPS) is 19.3. The topological polar surface area (TPSA) is 53.1 Å². The summed E-state index contributed by atoms with van der Waals surface area (Å²) in [6, 6.07) is 4.87. The summed E-state index contributed by atoms with van der Waals surface area (Å²) in [4.78, 5) is 30.6. The van der Waals surface area contributed by atoms with Gasteiger partial charge in [-0.05, 0) is 37.5 Å². The van der Waals surface area contributed by atoms with Gasteiger partial charge in [-0.1, -0.05) is 11.6 Å². The number of nitrogens with zero attached hydrogens (tertiary/aromatic N) is 3. The summed E-state index contributed by atoms with van der Waals surface area (Å²) in [5.74, 6) is 0.00385. The van der Waals surface area contributed by atoms with Gasteiger partial charge in [0.2, 0.25) is 5.91 Å². The molecule has 0 radical (unpaired) electrons. The lowest BCUT2D eigenvalue weighted by Gasteiger charge is -2.34. The molecule has 2 aliphatic rings. The molecule has 6 nitrogen and oxygen atoms in total. The van der Waals surface area contributed by atoms with Crippen LogP contribution in [0.3, 0.4) is 0 Å². The minimum atomic E-state index is -4.23. The van der Waals surface area contributed by atoms with Crippen LogP contribution in [-0.2, 0) is 4.79 Å². The Hall–Kier alpha value is -2.00. The van der Waals surface area contributed by atoms with E-state index in [0.29, 0.717) is 68.3 Å². The van der Waals surface area contributed by atoms with Crippen molar-refractivity contribution in [3.8, 4) is 5.75 Å². The third-order valence-electron chi connectivity index (χ3n) is 5.83. The zero-order chi connectivity index (χ0) is 22.6. The van der Waals surface area contributed by atoms with Gasteiger partial charge in [-0.2, -0.15) is 13.2 Å². The van der Waals surface area contributed by atoms with Crippen LogP contribution in [0.2, 0.25) is 5.02 Å². The second-order valence-corrected chi connectivity index (χ2v) is 8.42. The van der Waals surface area contributed by atoms with E-state index in [2.05, 4.69) is 0 Å². The highest BCUT2D eigenvalue weighted by molar-refractivity contribution is 6.31. The van der Waals surface area contributed by atoms with Gasteiger partial charge in [0.05, 0.1) is 19.2 Å². The molecule has 2 saturated heterocycles. The van der Waals surface area contributed by atoms with Crippen molar-refractivity contribution in [1.82, 2.24) is 14.7 Å². The fourth-order valence-corrected chi connectivity index (χ4v) is 4.38. The first-order valence-electron chi connectivity index (χ1n) is 10.4. The van der Waals surface area contributed by atoms with E-state index in [1.165, 1.54) is 12.0 Å². The Morgan fingerprint density at radius 2 is 1.77 bits per heavy atom. The predicted molar refractivity (Wildman–Crippen MR) is 110 cm³/mol. The van der Waals surface area contributed by atoms with E-state index in [1.54, 1.807) is 28.0 Å². The van der Waals surface area contributed by atoms with Gasteiger partial charge in [0.1, 0.15) is 5.75 Å². The molecule has 1 aromatic carbocycles. The zero-order valence-corrected chi connectivity index (χ0v) is 18.2. The monoisotopic (exact) mass is 461 g/mol. The zero-order valence-electron chi connectivity index (χ0n) is 17.5.